The highest BCUT2D eigenvalue weighted by molar-refractivity contribution is 7.80. The molecule has 0 aliphatic carbocycles. The lowest BCUT2D eigenvalue weighted by atomic mass is 10.1. The van der Waals surface area contributed by atoms with E-state index in [2.05, 4.69) is 28.4 Å². The maximum absolute atomic E-state index is 5.95. The van der Waals surface area contributed by atoms with Gasteiger partial charge in [-0.3, -0.25) is 5.10 Å². The fraction of sp³-hybridized carbons (Fsp3) is 0.158. The van der Waals surface area contributed by atoms with Gasteiger partial charge in [0, 0.05) is 24.8 Å². The molecule has 6 heteroatoms. The van der Waals surface area contributed by atoms with Crippen LogP contribution < -0.4 is 10.5 Å². The second kappa shape index (κ2) is 7.81. The van der Waals surface area contributed by atoms with Crippen LogP contribution in [0.4, 0.5) is 0 Å². The van der Waals surface area contributed by atoms with Crippen molar-refractivity contribution < 1.29 is 4.74 Å². The summed E-state index contributed by atoms with van der Waals surface area (Å²) in [6, 6.07) is 16.2. The third-order valence-corrected chi connectivity index (χ3v) is 4.21. The Morgan fingerprint density at radius 2 is 1.84 bits per heavy atom. The van der Waals surface area contributed by atoms with Gasteiger partial charge in [-0.1, -0.05) is 30.3 Å². The van der Waals surface area contributed by atoms with Crippen molar-refractivity contribution in [2.45, 2.75) is 13.1 Å². The van der Waals surface area contributed by atoms with E-state index < -0.39 is 0 Å². The van der Waals surface area contributed by atoms with Crippen molar-refractivity contribution in [2.24, 2.45) is 5.73 Å². The molecule has 0 spiro atoms. The lowest BCUT2D eigenvalue weighted by Crippen LogP contribution is -2.34. The SMILES string of the molecule is COc1cccc(CN(Cc2cccc(-c3cn[nH]c3)c2)C(N)=S)c1. The van der Waals surface area contributed by atoms with Crippen molar-refractivity contribution in [3.8, 4) is 16.9 Å². The Morgan fingerprint density at radius 3 is 2.48 bits per heavy atom. The molecule has 0 unspecified atom stereocenters. The summed E-state index contributed by atoms with van der Waals surface area (Å²) >= 11 is 5.25. The zero-order valence-electron chi connectivity index (χ0n) is 14.0. The third kappa shape index (κ3) is 4.36. The number of hydrogen-bond acceptors (Lipinski definition) is 3. The summed E-state index contributed by atoms with van der Waals surface area (Å²) < 4.78 is 5.28. The number of hydrogen-bond donors (Lipinski definition) is 2. The van der Waals surface area contributed by atoms with Crippen LogP contribution in [0.5, 0.6) is 5.75 Å². The van der Waals surface area contributed by atoms with E-state index in [-0.39, 0.29) is 0 Å². The molecule has 3 rings (SSSR count). The van der Waals surface area contributed by atoms with Crippen molar-refractivity contribution in [1.82, 2.24) is 15.1 Å². The van der Waals surface area contributed by atoms with E-state index in [4.69, 9.17) is 22.7 Å². The minimum absolute atomic E-state index is 0.372. The van der Waals surface area contributed by atoms with E-state index in [1.807, 2.05) is 41.4 Å². The number of rotatable bonds is 6. The molecule has 0 radical (unpaired) electrons. The number of methoxy groups -OCH3 is 1. The number of aromatic amines is 1. The largest absolute Gasteiger partial charge is 0.497 e. The molecule has 3 N–H and O–H groups in total. The van der Waals surface area contributed by atoms with Crippen LogP contribution in [0.1, 0.15) is 11.1 Å². The molecule has 0 aliphatic heterocycles. The van der Waals surface area contributed by atoms with Gasteiger partial charge >= 0.3 is 0 Å². The summed E-state index contributed by atoms with van der Waals surface area (Å²) in [6.07, 6.45) is 3.68. The summed E-state index contributed by atoms with van der Waals surface area (Å²) in [5.74, 6) is 0.822. The molecular weight excluding hydrogens is 332 g/mol. The van der Waals surface area contributed by atoms with Crippen molar-refractivity contribution >= 4 is 17.3 Å². The first-order valence-electron chi connectivity index (χ1n) is 7.91. The van der Waals surface area contributed by atoms with Gasteiger partial charge in [-0.25, -0.2) is 0 Å². The molecule has 0 saturated carbocycles. The van der Waals surface area contributed by atoms with E-state index in [1.54, 1.807) is 13.3 Å². The Bertz CT molecular complexity index is 848. The molecule has 25 heavy (non-hydrogen) atoms. The van der Waals surface area contributed by atoms with Crippen molar-refractivity contribution in [3.63, 3.8) is 0 Å². The predicted molar refractivity (Wildman–Crippen MR) is 103 cm³/mol. The minimum atomic E-state index is 0.372. The second-order valence-electron chi connectivity index (χ2n) is 5.73. The fourth-order valence-corrected chi connectivity index (χ4v) is 2.81. The molecule has 3 aromatic rings. The average molecular weight is 352 g/mol. The van der Waals surface area contributed by atoms with Crippen LogP contribution in [0.3, 0.4) is 0 Å². The van der Waals surface area contributed by atoms with Gasteiger partial charge < -0.3 is 15.4 Å². The number of ether oxygens (including phenoxy) is 1. The molecule has 5 nitrogen and oxygen atoms in total. The molecule has 0 bridgehead atoms. The molecule has 1 aromatic heterocycles. The zero-order valence-corrected chi connectivity index (χ0v) is 14.8. The molecule has 0 saturated heterocycles. The second-order valence-corrected chi connectivity index (χ2v) is 6.15. The molecule has 1 heterocycles. The van der Waals surface area contributed by atoms with Crippen LogP contribution in [0.2, 0.25) is 0 Å². The van der Waals surface area contributed by atoms with Gasteiger partial charge in [-0.05, 0) is 47.1 Å². The first-order chi connectivity index (χ1) is 12.2. The highest BCUT2D eigenvalue weighted by Gasteiger charge is 2.10. The third-order valence-electron chi connectivity index (χ3n) is 3.95. The van der Waals surface area contributed by atoms with Crippen LogP contribution in [-0.4, -0.2) is 27.3 Å². The predicted octanol–water partition coefficient (Wildman–Crippen LogP) is 3.33. The minimum Gasteiger partial charge on any atom is -0.497 e. The Morgan fingerprint density at radius 1 is 1.12 bits per heavy atom. The van der Waals surface area contributed by atoms with Gasteiger partial charge in [-0.15, -0.1) is 0 Å². The molecule has 0 atom stereocenters. The van der Waals surface area contributed by atoms with Gasteiger partial charge in [-0.2, -0.15) is 5.10 Å². The summed E-state index contributed by atoms with van der Waals surface area (Å²) in [6.45, 7) is 1.26. The van der Waals surface area contributed by atoms with Crippen LogP contribution in [0.15, 0.2) is 60.9 Å². The van der Waals surface area contributed by atoms with E-state index in [0.29, 0.717) is 18.2 Å². The normalized spacial score (nSPS) is 10.4. The van der Waals surface area contributed by atoms with Crippen LogP contribution in [-0.2, 0) is 13.1 Å². The number of nitrogens with two attached hydrogens (primary N) is 1. The molecule has 0 amide bonds. The summed E-state index contributed by atoms with van der Waals surface area (Å²) in [5.41, 5.74) is 10.3. The molecule has 2 aromatic carbocycles. The van der Waals surface area contributed by atoms with Gasteiger partial charge in [0.2, 0.25) is 0 Å². The molecular formula is C19H20N4OS. The van der Waals surface area contributed by atoms with Crippen molar-refractivity contribution in [3.05, 3.63) is 72.1 Å². The maximum Gasteiger partial charge on any atom is 0.166 e. The lowest BCUT2D eigenvalue weighted by molar-refractivity contribution is 0.400. The Kier molecular flexibility index (Phi) is 5.30. The van der Waals surface area contributed by atoms with Gasteiger partial charge in [0.15, 0.2) is 5.11 Å². The first kappa shape index (κ1) is 17.0. The monoisotopic (exact) mass is 352 g/mol. The van der Waals surface area contributed by atoms with Gasteiger partial charge in [0.1, 0.15) is 5.75 Å². The molecule has 0 aliphatic rings. The Labute approximate surface area is 152 Å². The zero-order chi connectivity index (χ0) is 17.6. The quantitative estimate of drug-likeness (QED) is 0.666. The molecule has 0 fully saturated rings. The summed E-state index contributed by atoms with van der Waals surface area (Å²) in [7, 11) is 1.66. The average Bonchev–Trinajstić information content (AvgIpc) is 3.16. The highest BCUT2D eigenvalue weighted by Crippen LogP contribution is 2.21. The lowest BCUT2D eigenvalue weighted by Gasteiger charge is -2.23. The number of benzene rings is 2. The topological polar surface area (TPSA) is 67.2 Å². The van der Waals surface area contributed by atoms with E-state index >= 15 is 0 Å². The number of thiocarbonyl (C=S) groups is 1. The summed E-state index contributed by atoms with van der Waals surface area (Å²) in [4.78, 5) is 1.97. The van der Waals surface area contributed by atoms with Crippen LogP contribution >= 0.6 is 12.2 Å². The fourth-order valence-electron chi connectivity index (χ4n) is 2.68. The Hall–Kier alpha value is -2.86. The smallest absolute Gasteiger partial charge is 0.166 e. The van der Waals surface area contributed by atoms with Crippen molar-refractivity contribution in [1.29, 1.82) is 0 Å². The number of H-pyrrole nitrogens is 1. The first-order valence-corrected chi connectivity index (χ1v) is 8.32. The van der Waals surface area contributed by atoms with Gasteiger partial charge in [0.05, 0.1) is 13.3 Å². The van der Waals surface area contributed by atoms with Crippen LogP contribution in [0, 0.1) is 0 Å². The maximum atomic E-state index is 5.95. The highest BCUT2D eigenvalue weighted by atomic mass is 32.1. The van der Waals surface area contributed by atoms with E-state index in [0.717, 1.165) is 28.0 Å². The standard InChI is InChI=1S/C19H20N4OS/c1-24-18-7-3-5-15(9-18)13-23(19(20)25)12-14-4-2-6-16(8-14)17-10-21-22-11-17/h2-11H,12-13H2,1H3,(H2,20,25)(H,21,22). The number of nitrogens with zero attached hydrogens (tertiary/aromatic N) is 2. The Balaban J connectivity index is 1.78. The van der Waals surface area contributed by atoms with E-state index in [9.17, 15) is 0 Å². The van der Waals surface area contributed by atoms with Gasteiger partial charge in [0.25, 0.3) is 0 Å². The number of nitrogens with one attached hydrogen (secondary N) is 1. The summed E-state index contributed by atoms with van der Waals surface area (Å²) in [5, 5.41) is 7.21. The van der Waals surface area contributed by atoms with Crippen molar-refractivity contribution in [2.75, 3.05) is 7.11 Å². The van der Waals surface area contributed by atoms with Crippen LogP contribution in [0.25, 0.3) is 11.1 Å². The molecule has 128 valence electrons. The number of aromatic nitrogens is 2. The van der Waals surface area contributed by atoms with E-state index in [1.165, 1.54) is 0 Å².